The van der Waals surface area contributed by atoms with Crippen molar-refractivity contribution in [3.8, 4) is 5.75 Å². The quantitative estimate of drug-likeness (QED) is 0.578. The molecule has 0 unspecified atom stereocenters. The molecule has 2 aromatic carbocycles. The minimum atomic E-state index is -4.60. The topological polar surface area (TPSA) is 38.3 Å². The summed E-state index contributed by atoms with van der Waals surface area (Å²) >= 11 is 8.93. The van der Waals surface area contributed by atoms with Gasteiger partial charge in [-0.3, -0.25) is 4.79 Å². The van der Waals surface area contributed by atoms with Crippen LogP contribution >= 0.6 is 27.5 Å². The van der Waals surface area contributed by atoms with E-state index >= 15 is 0 Å². The number of amides is 1. The molecule has 0 saturated carbocycles. The second-order valence-corrected chi connectivity index (χ2v) is 6.81. The van der Waals surface area contributed by atoms with Gasteiger partial charge >= 0.3 is 6.18 Å². The smallest absolute Gasteiger partial charge is 0.417 e. The summed E-state index contributed by atoms with van der Waals surface area (Å²) in [7, 11) is 0. The van der Waals surface area contributed by atoms with Crippen molar-refractivity contribution in [2.24, 2.45) is 0 Å². The predicted octanol–water partition coefficient (Wildman–Crippen LogP) is 6.09. The Morgan fingerprint density at radius 3 is 2.58 bits per heavy atom. The van der Waals surface area contributed by atoms with Gasteiger partial charge in [0.25, 0.3) is 5.91 Å². The average Bonchev–Trinajstić information content (AvgIpc) is 2.55. The first-order valence-electron chi connectivity index (χ1n) is 7.78. The normalized spacial score (nSPS) is 11.3. The average molecular weight is 451 g/mol. The lowest BCUT2D eigenvalue weighted by atomic mass is 10.1. The van der Waals surface area contributed by atoms with Gasteiger partial charge in [-0.25, -0.2) is 0 Å². The molecule has 0 spiro atoms. The van der Waals surface area contributed by atoms with Gasteiger partial charge in [-0.05, 0) is 58.2 Å². The van der Waals surface area contributed by atoms with E-state index in [1.807, 2.05) is 12.1 Å². The second kappa shape index (κ2) is 8.77. The molecule has 2 rings (SSSR count). The van der Waals surface area contributed by atoms with Gasteiger partial charge in [-0.15, -0.1) is 0 Å². The van der Waals surface area contributed by atoms with E-state index in [9.17, 15) is 18.0 Å². The number of ether oxygens (including phenoxy) is 1. The summed E-state index contributed by atoms with van der Waals surface area (Å²) in [5.41, 5.74) is 0.122. The van der Waals surface area contributed by atoms with Crippen molar-refractivity contribution in [3.05, 3.63) is 57.0 Å². The van der Waals surface area contributed by atoms with Crippen LogP contribution in [0.5, 0.6) is 5.75 Å². The number of nitrogens with one attached hydrogen (secondary N) is 1. The Labute approximate surface area is 162 Å². The predicted molar refractivity (Wildman–Crippen MR) is 98.7 cm³/mol. The van der Waals surface area contributed by atoms with E-state index in [1.165, 1.54) is 6.07 Å². The van der Waals surface area contributed by atoms with Gasteiger partial charge in [0.15, 0.2) is 6.61 Å². The molecule has 3 nitrogen and oxygen atoms in total. The van der Waals surface area contributed by atoms with E-state index in [1.54, 1.807) is 6.07 Å². The molecule has 0 radical (unpaired) electrons. The number of hydrogen-bond donors (Lipinski definition) is 1. The summed E-state index contributed by atoms with van der Waals surface area (Å²) in [5.74, 6) is -0.0999. The molecule has 0 heterocycles. The molecule has 8 heteroatoms. The summed E-state index contributed by atoms with van der Waals surface area (Å²) in [4.78, 5) is 11.9. The van der Waals surface area contributed by atoms with Crippen molar-refractivity contribution in [1.29, 1.82) is 0 Å². The number of hydrogen-bond acceptors (Lipinski definition) is 2. The Morgan fingerprint density at radius 1 is 1.23 bits per heavy atom. The number of alkyl halides is 3. The van der Waals surface area contributed by atoms with Crippen molar-refractivity contribution >= 4 is 39.1 Å². The number of carbonyl (C=O) groups is 1. The van der Waals surface area contributed by atoms with E-state index in [4.69, 9.17) is 16.3 Å². The Morgan fingerprint density at radius 2 is 1.96 bits per heavy atom. The van der Waals surface area contributed by atoms with Crippen LogP contribution in [0.4, 0.5) is 18.9 Å². The summed E-state index contributed by atoms with van der Waals surface area (Å²) in [6.45, 7) is 1.74. The molecule has 0 aromatic heterocycles. The first kappa shape index (κ1) is 20.6. The lowest BCUT2D eigenvalue weighted by molar-refractivity contribution is -0.137. The number of aryl methyl sites for hydroxylation is 1. The molecule has 140 valence electrons. The lowest BCUT2D eigenvalue weighted by Crippen LogP contribution is -2.20. The summed E-state index contributed by atoms with van der Waals surface area (Å²) in [5, 5.41) is 1.94. The highest BCUT2D eigenvalue weighted by atomic mass is 79.9. The molecule has 0 aliphatic rings. The minimum absolute atomic E-state index is 0.00677. The van der Waals surface area contributed by atoms with Gasteiger partial charge in [-0.1, -0.05) is 31.0 Å². The maximum Gasteiger partial charge on any atom is 0.417 e. The number of anilines is 1. The minimum Gasteiger partial charge on any atom is -0.483 e. The van der Waals surface area contributed by atoms with Crippen LogP contribution in [0, 0.1) is 0 Å². The van der Waals surface area contributed by atoms with Gasteiger partial charge in [0.05, 0.1) is 15.1 Å². The number of halogens is 5. The Hall–Kier alpha value is -1.73. The zero-order valence-electron chi connectivity index (χ0n) is 13.8. The van der Waals surface area contributed by atoms with Crippen LogP contribution in [0.2, 0.25) is 5.02 Å². The monoisotopic (exact) mass is 449 g/mol. The maximum absolute atomic E-state index is 12.8. The van der Waals surface area contributed by atoms with E-state index < -0.39 is 22.7 Å². The molecule has 0 bridgehead atoms. The highest BCUT2D eigenvalue weighted by Gasteiger charge is 2.33. The van der Waals surface area contributed by atoms with Crippen LogP contribution in [0.3, 0.4) is 0 Å². The summed E-state index contributed by atoms with van der Waals surface area (Å²) < 4.78 is 44.6. The standard InChI is InChI=1S/C18H16BrClF3NO2/c1-2-3-11-4-7-16(14(19)8-11)26-10-17(25)24-12-5-6-15(20)13(9-12)18(21,22)23/h4-9H,2-3,10H2,1H3,(H,24,25). The van der Waals surface area contributed by atoms with Crippen molar-refractivity contribution in [2.75, 3.05) is 11.9 Å². The molecule has 1 amide bonds. The fourth-order valence-corrected chi connectivity index (χ4v) is 3.03. The fourth-order valence-electron chi connectivity index (χ4n) is 2.27. The second-order valence-electron chi connectivity index (χ2n) is 5.54. The summed E-state index contributed by atoms with van der Waals surface area (Å²) in [6, 6.07) is 8.72. The van der Waals surface area contributed by atoms with Crippen molar-refractivity contribution in [3.63, 3.8) is 0 Å². The molecule has 0 saturated heterocycles. The van der Waals surface area contributed by atoms with Crippen LogP contribution in [0.1, 0.15) is 24.5 Å². The maximum atomic E-state index is 12.8. The molecule has 0 aliphatic carbocycles. The van der Waals surface area contributed by atoms with Gasteiger partial charge in [0.2, 0.25) is 0 Å². The molecule has 26 heavy (non-hydrogen) atoms. The number of benzene rings is 2. The fraction of sp³-hybridized carbons (Fsp3) is 0.278. The van der Waals surface area contributed by atoms with E-state index in [-0.39, 0.29) is 12.3 Å². The third-order valence-corrected chi connectivity index (χ3v) is 4.40. The Kier molecular flexibility index (Phi) is 6.94. The van der Waals surface area contributed by atoms with Crippen LogP contribution in [-0.2, 0) is 17.4 Å². The molecule has 0 fully saturated rings. The third kappa shape index (κ3) is 5.64. The third-order valence-electron chi connectivity index (χ3n) is 3.45. The highest BCUT2D eigenvalue weighted by molar-refractivity contribution is 9.10. The number of rotatable bonds is 6. The lowest BCUT2D eigenvalue weighted by Gasteiger charge is -2.13. The zero-order chi connectivity index (χ0) is 19.3. The van der Waals surface area contributed by atoms with E-state index in [0.29, 0.717) is 10.2 Å². The largest absolute Gasteiger partial charge is 0.483 e. The molecule has 0 atom stereocenters. The van der Waals surface area contributed by atoms with Gasteiger partial charge in [-0.2, -0.15) is 13.2 Å². The number of carbonyl (C=O) groups excluding carboxylic acids is 1. The first-order valence-corrected chi connectivity index (χ1v) is 8.95. The van der Waals surface area contributed by atoms with E-state index in [0.717, 1.165) is 30.5 Å². The van der Waals surface area contributed by atoms with Crippen LogP contribution < -0.4 is 10.1 Å². The van der Waals surface area contributed by atoms with Gasteiger partial charge < -0.3 is 10.1 Å². The van der Waals surface area contributed by atoms with Gasteiger partial charge in [0.1, 0.15) is 5.75 Å². The summed E-state index contributed by atoms with van der Waals surface area (Å²) in [6.07, 6.45) is -2.66. The van der Waals surface area contributed by atoms with Crippen LogP contribution in [0.15, 0.2) is 40.9 Å². The molecular formula is C18H16BrClF3NO2. The van der Waals surface area contributed by atoms with Crippen molar-refractivity contribution < 1.29 is 22.7 Å². The Balaban J connectivity index is 1.99. The van der Waals surface area contributed by atoms with Crippen molar-refractivity contribution in [1.82, 2.24) is 0 Å². The van der Waals surface area contributed by atoms with E-state index in [2.05, 4.69) is 28.2 Å². The van der Waals surface area contributed by atoms with Crippen LogP contribution in [0.25, 0.3) is 0 Å². The highest BCUT2D eigenvalue weighted by Crippen LogP contribution is 2.36. The SMILES string of the molecule is CCCc1ccc(OCC(=O)Nc2ccc(Cl)c(C(F)(F)F)c2)c(Br)c1. The van der Waals surface area contributed by atoms with Gasteiger partial charge in [0, 0.05) is 5.69 Å². The molecular weight excluding hydrogens is 435 g/mol. The molecule has 2 aromatic rings. The zero-order valence-corrected chi connectivity index (χ0v) is 16.1. The molecule has 0 aliphatic heterocycles. The van der Waals surface area contributed by atoms with Crippen LogP contribution in [-0.4, -0.2) is 12.5 Å². The first-order chi connectivity index (χ1) is 12.2. The Bertz CT molecular complexity index is 796. The van der Waals surface area contributed by atoms with Crippen molar-refractivity contribution in [2.45, 2.75) is 25.9 Å². The molecule has 1 N–H and O–H groups in total.